The van der Waals surface area contributed by atoms with Gasteiger partial charge in [-0.05, 0) is 12.1 Å². The van der Waals surface area contributed by atoms with E-state index < -0.39 is 0 Å². The fourth-order valence-electron chi connectivity index (χ4n) is 1.59. The van der Waals surface area contributed by atoms with E-state index in [4.69, 9.17) is 81.2 Å². The summed E-state index contributed by atoms with van der Waals surface area (Å²) in [6.45, 7) is 0. The van der Waals surface area contributed by atoms with E-state index in [2.05, 4.69) is 0 Å². The Hall–Kier alpha value is 0.270. The number of hydrogen-bond donors (Lipinski definition) is 1. The molecule has 0 spiro atoms. The summed E-state index contributed by atoms with van der Waals surface area (Å²) in [5, 5.41) is 10.5. The smallest absolute Gasteiger partial charge is 0.154 e. The first-order chi connectivity index (χ1) is 9.25. The molecule has 0 aliphatic carbocycles. The van der Waals surface area contributed by atoms with Gasteiger partial charge in [-0.25, -0.2) is 0 Å². The minimum Gasteiger partial charge on any atom is -0.505 e. The summed E-state index contributed by atoms with van der Waals surface area (Å²) in [5.74, 6) is -0.367. The number of halogens is 7. The zero-order valence-electron chi connectivity index (χ0n) is 9.25. The maximum Gasteiger partial charge on any atom is 0.154 e. The quantitative estimate of drug-likeness (QED) is 0.378. The maximum atomic E-state index is 9.84. The SMILES string of the molecule is Oc1c(Cl)c(Cl)cc(-c2c(Cl)cc(Cl)c(Cl)c2Cl)c1Cl. The molecule has 0 bridgehead atoms. The van der Waals surface area contributed by atoms with Crippen molar-refractivity contribution in [2.24, 2.45) is 0 Å². The van der Waals surface area contributed by atoms with E-state index in [1.165, 1.54) is 12.1 Å². The highest BCUT2D eigenvalue weighted by Gasteiger charge is 2.21. The van der Waals surface area contributed by atoms with Gasteiger partial charge in [0.2, 0.25) is 0 Å². The van der Waals surface area contributed by atoms with Crippen LogP contribution in [0.15, 0.2) is 12.1 Å². The van der Waals surface area contributed by atoms with Gasteiger partial charge in [-0.15, -0.1) is 0 Å². The number of hydrogen-bond acceptors (Lipinski definition) is 1. The monoisotopic (exact) mass is 408 g/mol. The van der Waals surface area contributed by atoms with E-state index >= 15 is 0 Å². The van der Waals surface area contributed by atoms with Crippen molar-refractivity contribution in [2.75, 3.05) is 0 Å². The van der Waals surface area contributed by atoms with Crippen LogP contribution < -0.4 is 0 Å². The van der Waals surface area contributed by atoms with Gasteiger partial charge in [0.1, 0.15) is 5.02 Å². The molecule has 0 heterocycles. The highest BCUT2D eigenvalue weighted by Crippen LogP contribution is 2.49. The zero-order valence-corrected chi connectivity index (χ0v) is 14.5. The minimum absolute atomic E-state index is 0.0402. The van der Waals surface area contributed by atoms with Crippen LogP contribution in [0.4, 0.5) is 0 Å². The second-order valence-electron chi connectivity index (χ2n) is 3.73. The first kappa shape index (κ1) is 16.6. The first-order valence-corrected chi connectivity index (χ1v) is 7.60. The number of rotatable bonds is 1. The molecule has 2 aromatic carbocycles. The van der Waals surface area contributed by atoms with Crippen molar-refractivity contribution in [1.29, 1.82) is 0 Å². The minimum atomic E-state index is -0.367. The second-order valence-corrected chi connectivity index (χ2v) is 6.46. The van der Waals surface area contributed by atoms with E-state index in [1.807, 2.05) is 0 Å². The lowest BCUT2D eigenvalue weighted by atomic mass is 10.0. The molecule has 1 N–H and O–H groups in total. The predicted molar refractivity (Wildman–Crippen MR) is 88.6 cm³/mol. The normalized spacial score (nSPS) is 10.9. The molecule has 0 unspecified atom stereocenters. The summed E-state index contributed by atoms with van der Waals surface area (Å²) in [4.78, 5) is 0. The third kappa shape index (κ3) is 2.78. The van der Waals surface area contributed by atoms with Crippen LogP contribution in [0.5, 0.6) is 5.75 Å². The van der Waals surface area contributed by atoms with E-state index in [0.29, 0.717) is 11.1 Å². The van der Waals surface area contributed by atoms with Crippen LogP contribution in [0.2, 0.25) is 35.2 Å². The highest BCUT2D eigenvalue weighted by molar-refractivity contribution is 6.52. The standard InChI is InChI=1S/C12H3Cl7O/c13-4-2-6(15)9(17)11(19)7(4)3-1-5(14)10(18)12(20)8(3)16/h1-2,20H. The van der Waals surface area contributed by atoms with Crippen molar-refractivity contribution in [1.82, 2.24) is 0 Å². The molecule has 0 aliphatic rings. The maximum absolute atomic E-state index is 9.84. The summed E-state index contributed by atoms with van der Waals surface area (Å²) in [6, 6.07) is 2.85. The molecule has 2 rings (SSSR count). The molecule has 8 heteroatoms. The fourth-order valence-corrected chi connectivity index (χ4v) is 3.34. The average Bonchev–Trinajstić information content (AvgIpc) is 2.39. The van der Waals surface area contributed by atoms with E-state index in [1.54, 1.807) is 0 Å². The zero-order chi connectivity index (χ0) is 15.2. The number of phenolic OH excluding ortho intramolecular Hbond substituents is 1. The van der Waals surface area contributed by atoms with Crippen molar-refractivity contribution in [2.45, 2.75) is 0 Å². The van der Waals surface area contributed by atoms with Crippen LogP contribution in [0.3, 0.4) is 0 Å². The van der Waals surface area contributed by atoms with Gasteiger partial charge in [-0.1, -0.05) is 81.2 Å². The van der Waals surface area contributed by atoms with Crippen LogP contribution in [0, 0.1) is 0 Å². The Balaban J connectivity index is 2.86. The van der Waals surface area contributed by atoms with Gasteiger partial charge in [0, 0.05) is 11.1 Å². The Morgan fingerprint density at radius 3 is 1.75 bits per heavy atom. The van der Waals surface area contributed by atoms with Gasteiger partial charge < -0.3 is 5.11 Å². The molecule has 0 saturated carbocycles. The van der Waals surface area contributed by atoms with E-state index in [9.17, 15) is 5.11 Å². The van der Waals surface area contributed by atoms with Crippen LogP contribution in [-0.4, -0.2) is 5.11 Å². The van der Waals surface area contributed by atoms with Gasteiger partial charge in [-0.3, -0.25) is 0 Å². The number of phenols is 1. The molecule has 0 aromatic heterocycles. The molecule has 20 heavy (non-hydrogen) atoms. The Kier molecular flexibility index (Phi) is 5.14. The molecule has 0 atom stereocenters. The topological polar surface area (TPSA) is 20.2 Å². The van der Waals surface area contributed by atoms with Crippen LogP contribution >= 0.6 is 81.2 Å². The molecule has 0 fully saturated rings. The lowest BCUT2D eigenvalue weighted by Gasteiger charge is -2.14. The largest absolute Gasteiger partial charge is 0.505 e. The van der Waals surface area contributed by atoms with Gasteiger partial charge in [0.05, 0.1) is 30.1 Å². The molecule has 0 aliphatic heterocycles. The Morgan fingerprint density at radius 1 is 0.600 bits per heavy atom. The Bertz CT molecular complexity index is 712. The first-order valence-electron chi connectivity index (χ1n) is 4.95. The molecule has 2 aromatic rings. The predicted octanol–water partition coefficient (Wildman–Crippen LogP) is 7.63. The van der Waals surface area contributed by atoms with Crippen molar-refractivity contribution in [3.05, 3.63) is 47.3 Å². The van der Waals surface area contributed by atoms with Crippen molar-refractivity contribution >= 4 is 81.2 Å². The summed E-state index contributed by atoms with van der Waals surface area (Å²) in [7, 11) is 0. The van der Waals surface area contributed by atoms with E-state index in [0.717, 1.165) is 0 Å². The van der Waals surface area contributed by atoms with Crippen LogP contribution in [0.1, 0.15) is 0 Å². The molecule has 0 radical (unpaired) electrons. The summed E-state index contributed by atoms with van der Waals surface area (Å²) in [5.41, 5.74) is 0.605. The summed E-state index contributed by atoms with van der Waals surface area (Å²) in [6.07, 6.45) is 0. The van der Waals surface area contributed by atoms with Gasteiger partial charge >= 0.3 is 0 Å². The average molecular weight is 411 g/mol. The van der Waals surface area contributed by atoms with Gasteiger partial charge in [0.25, 0.3) is 0 Å². The van der Waals surface area contributed by atoms with Crippen molar-refractivity contribution in [3.63, 3.8) is 0 Å². The van der Waals surface area contributed by atoms with E-state index in [-0.39, 0.29) is 40.9 Å². The third-order valence-electron chi connectivity index (χ3n) is 2.52. The molecule has 106 valence electrons. The Labute approximate surface area is 149 Å². The summed E-state index contributed by atoms with van der Waals surface area (Å²) >= 11 is 41.9. The van der Waals surface area contributed by atoms with Crippen LogP contribution in [-0.2, 0) is 0 Å². The Morgan fingerprint density at radius 2 is 1.15 bits per heavy atom. The third-order valence-corrected chi connectivity index (χ3v) is 5.24. The van der Waals surface area contributed by atoms with Crippen molar-refractivity contribution in [3.8, 4) is 16.9 Å². The molecular weight excluding hydrogens is 408 g/mol. The molecule has 1 nitrogen and oxygen atoms in total. The lowest BCUT2D eigenvalue weighted by molar-refractivity contribution is 0.476. The fraction of sp³-hybridized carbons (Fsp3) is 0. The van der Waals surface area contributed by atoms with Gasteiger partial charge in [-0.2, -0.15) is 0 Å². The molecule has 0 amide bonds. The summed E-state index contributed by atoms with van der Waals surface area (Å²) < 4.78 is 0. The number of aromatic hydroxyl groups is 1. The van der Waals surface area contributed by atoms with Crippen LogP contribution in [0.25, 0.3) is 11.1 Å². The highest BCUT2D eigenvalue weighted by atomic mass is 35.5. The van der Waals surface area contributed by atoms with Crippen molar-refractivity contribution < 1.29 is 5.11 Å². The lowest BCUT2D eigenvalue weighted by Crippen LogP contribution is -1.88. The number of benzene rings is 2. The molecule has 0 saturated heterocycles. The molecular formula is C12H3Cl7O. The van der Waals surface area contributed by atoms with Gasteiger partial charge in [0.15, 0.2) is 5.75 Å². The second kappa shape index (κ2) is 6.18.